The maximum absolute atomic E-state index is 11.7. The molecule has 0 saturated carbocycles. The van der Waals surface area contributed by atoms with E-state index < -0.39 is 21.9 Å². The molecule has 1 fully saturated rings. The number of carboxylic acid groups (broad SMARTS) is 1. The van der Waals surface area contributed by atoms with Crippen LogP contribution in [-0.4, -0.2) is 42.6 Å². The lowest BCUT2D eigenvalue weighted by molar-refractivity contribution is -0.142. The standard InChI is InChI=1S/C9H17NO4S/c1-2-6-15(13,14)10-5-3-4-8(7-10)9(11)12/h8H,2-7H2,1H3,(H,11,12)/t8-/m0/s1. The first-order valence-corrected chi connectivity index (χ1v) is 6.79. The molecule has 5 nitrogen and oxygen atoms in total. The second kappa shape index (κ2) is 4.94. The van der Waals surface area contributed by atoms with Crippen LogP contribution in [0.3, 0.4) is 0 Å². The van der Waals surface area contributed by atoms with Crippen molar-refractivity contribution in [3.63, 3.8) is 0 Å². The fourth-order valence-corrected chi connectivity index (χ4v) is 3.37. The molecule has 1 rings (SSSR count). The maximum Gasteiger partial charge on any atom is 0.307 e. The summed E-state index contributed by atoms with van der Waals surface area (Å²) in [6, 6.07) is 0. The molecular weight excluding hydrogens is 218 g/mol. The van der Waals surface area contributed by atoms with E-state index in [1.165, 1.54) is 4.31 Å². The van der Waals surface area contributed by atoms with Gasteiger partial charge in [-0.25, -0.2) is 12.7 Å². The second-order valence-corrected chi connectivity index (χ2v) is 5.94. The van der Waals surface area contributed by atoms with Crippen LogP contribution in [-0.2, 0) is 14.8 Å². The highest BCUT2D eigenvalue weighted by Gasteiger charge is 2.31. The Morgan fingerprint density at radius 2 is 2.20 bits per heavy atom. The van der Waals surface area contributed by atoms with E-state index in [1.807, 2.05) is 0 Å². The number of carboxylic acids is 1. The molecule has 0 aromatic carbocycles. The highest BCUT2D eigenvalue weighted by Crippen LogP contribution is 2.19. The van der Waals surface area contributed by atoms with E-state index in [0.717, 1.165) is 0 Å². The van der Waals surface area contributed by atoms with Crippen LogP contribution in [0.1, 0.15) is 26.2 Å². The van der Waals surface area contributed by atoms with Gasteiger partial charge in [0, 0.05) is 13.1 Å². The van der Waals surface area contributed by atoms with E-state index >= 15 is 0 Å². The molecule has 1 N–H and O–H groups in total. The zero-order valence-electron chi connectivity index (χ0n) is 8.85. The molecule has 0 bridgehead atoms. The zero-order valence-corrected chi connectivity index (χ0v) is 9.66. The van der Waals surface area contributed by atoms with Crippen molar-refractivity contribution < 1.29 is 18.3 Å². The van der Waals surface area contributed by atoms with Crippen LogP contribution in [0.15, 0.2) is 0 Å². The summed E-state index contributed by atoms with van der Waals surface area (Å²) in [5, 5.41) is 8.83. The molecule has 88 valence electrons. The van der Waals surface area contributed by atoms with Crippen molar-refractivity contribution in [1.29, 1.82) is 0 Å². The molecule has 0 radical (unpaired) electrons. The van der Waals surface area contributed by atoms with Gasteiger partial charge in [0.25, 0.3) is 0 Å². The van der Waals surface area contributed by atoms with Gasteiger partial charge in [0.15, 0.2) is 0 Å². The highest BCUT2D eigenvalue weighted by molar-refractivity contribution is 7.89. The van der Waals surface area contributed by atoms with Crippen LogP contribution in [0, 0.1) is 5.92 Å². The van der Waals surface area contributed by atoms with Gasteiger partial charge in [0.2, 0.25) is 10.0 Å². The molecule has 0 spiro atoms. The van der Waals surface area contributed by atoms with Gasteiger partial charge in [-0.2, -0.15) is 0 Å². The minimum atomic E-state index is -3.23. The number of hydrogen-bond donors (Lipinski definition) is 1. The fraction of sp³-hybridized carbons (Fsp3) is 0.889. The average Bonchev–Trinajstić information content (AvgIpc) is 2.18. The molecule has 0 aromatic rings. The average molecular weight is 235 g/mol. The summed E-state index contributed by atoms with van der Waals surface area (Å²) in [6.07, 6.45) is 1.78. The topological polar surface area (TPSA) is 74.7 Å². The van der Waals surface area contributed by atoms with Crippen LogP contribution in [0.4, 0.5) is 0 Å². The minimum absolute atomic E-state index is 0.110. The van der Waals surface area contributed by atoms with Crippen LogP contribution in [0.25, 0.3) is 0 Å². The predicted octanol–water partition coefficient (Wildman–Crippen LogP) is 0.523. The summed E-state index contributed by atoms with van der Waals surface area (Å²) in [6.45, 7) is 2.40. The quantitative estimate of drug-likeness (QED) is 0.771. The third-order valence-electron chi connectivity index (χ3n) is 2.59. The van der Waals surface area contributed by atoms with Crippen molar-refractivity contribution in [2.24, 2.45) is 5.92 Å². The van der Waals surface area contributed by atoms with Crippen molar-refractivity contribution in [1.82, 2.24) is 4.31 Å². The van der Waals surface area contributed by atoms with Crippen molar-refractivity contribution >= 4 is 16.0 Å². The molecule has 1 saturated heterocycles. The van der Waals surface area contributed by atoms with Gasteiger partial charge in [-0.05, 0) is 19.3 Å². The second-order valence-electron chi connectivity index (χ2n) is 3.85. The van der Waals surface area contributed by atoms with Crippen LogP contribution < -0.4 is 0 Å². The maximum atomic E-state index is 11.7. The Kier molecular flexibility index (Phi) is 4.10. The highest BCUT2D eigenvalue weighted by atomic mass is 32.2. The lowest BCUT2D eigenvalue weighted by Crippen LogP contribution is -2.43. The first-order valence-electron chi connectivity index (χ1n) is 5.18. The van der Waals surface area contributed by atoms with E-state index in [1.54, 1.807) is 6.92 Å². The first kappa shape index (κ1) is 12.4. The smallest absolute Gasteiger partial charge is 0.307 e. The van der Waals surface area contributed by atoms with Crippen molar-refractivity contribution in [2.75, 3.05) is 18.8 Å². The van der Waals surface area contributed by atoms with Gasteiger partial charge in [-0.3, -0.25) is 4.79 Å². The van der Waals surface area contributed by atoms with Crippen LogP contribution in [0.5, 0.6) is 0 Å². The van der Waals surface area contributed by atoms with Crippen LogP contribution in [0.2, 0.25) is 0 Å². The van der Waals surface area contributed by atoms with E-state index in [2.05, 4.69) is 0 Å². The first-order chi connectivity index (χ1) is 6.97. The third-order valence-corrected chi connectivity index (χ3v) is 4.63. The summed E-state index contributed by atoms with van der Waals surface area (Å²) < 4.78 is 24.7. The third kappa shape index (κ3) is 3.17. The molecule has 6 heteroatoms. The number of rotatable bonds is 4. The van der Waals surface area contributed by atoms with Crippen LogP contribution >= 0.6 is 0 Å². The monoisotopic (exact) mass is 235 g/mol. The summed E-state index contributed by atoms with van der Waals surface area (Å²) in [5.74, 6) is -1.32. The summed E-state index contributed by atoms with van der Waals surface area (Å²) in [5.41, 5.74) is 0. The van der Waals surface area contributed by atoms with Crippen molar-refractivity contribution in [3.05, 3.63) is 0 Å². The van der Waals surface area contributed by atoms with E-state index in [4.69, 9.17) is 5.11 Å². The lowest BCUT2D eigenvalue weighted by atomic mass is 10.0. The fourth-order valence-electron chi connectivity index (χ4n) is 1.78. The molecule has 1 aliphatic heterocycles. The largest absolute Gasteiger partial charge is 0.481 e. The van der Waals surface area contributed by atoms with Crippen molar-refractivity contribution in [3.8, 4) is 0 Å². The molecule has 0 aliphatic carbocycles. The van der Waals surface area contributed by atoms with Crippen molar-refractivity contribution in [2.45, 2.75) is 26.2 Å². The van der Waals surface area contributed by atoms with Gasteiger partial charge >= 0.3 is 5.97 Å². The number of carbonyl (C=O) groups is 1. The summed E-state index contributed by atoms with van der Waals surface area (Å²) >= 11 is 0. The predicted molar refractivity (Wildman–Crippen MR) is 56.0 cm³/mol. The molecule has 1 heterocycles. The van der Waals surface area contributed by atoms with E-state index in [9.17, 15) is 13.2 Å². The van der Waals surface area contributed by atoms with Gasteiger partial charge in [0.05, 0.1) is 11.7 Å². The molecule has 1 atom stereocenters. The Morgan fingerprint density at radius 1 is 1.53 bits per heavy atom. The lowest BCUT2D eigenvalue weighted by Gasteiger charge is -2.29. The Hall–Kier alpha value is -0.620. The van der Waals surface area contributed by atoms with Gasteiger partial charge < -0.3 is 5.11 Å². The minimum Gasteiger partial charge on any atom is -0.481 e. The Bertz CT molecular complexity index is 325. The molecule has 0 amide bonds. The normalized spacial score (nSPS) is 23.9. The number of nitrogens with zero attached hydrogens (tertiary/aromatic N) is 1. The molecule has 0 aromatic heterocycles. The number of hydrogen-bond acceptors (Lipinski definition) is 3. The zero-order chi connectivity index (χ0) is 11.5. The SMILES string of the molecule is CCCS(=O)(=O)N1CCC[C@H](C(=O)O)C1. The van der Waals surface area contributed by atoms with Gasteiger partial charge in [0.1, 0.15) is 0 Å². The number of sulfonamides is 1. The Labute approximate surface area is 90.1 Å². The van der Waals surface area contributed by atoms with Gasteiger partial charge in [-0.1, -0.05) is 6.92 Å². The Morgan fingerprint density at radius 3 is 2.73 bits per heavy atom. The number of piperidine rings is 1. The molecule has 1 aliphatic rings. The van der Waals surface area contributed by atoms with E-state index in [0.29, 0.717) is 25.8 Å². The number of aliphatic carboxylic acids is 1. The molecular formula is C9H17NO4S. The summed E-state index contributed by atoms with van der Waals surface area (Å²) in [4.78, 5) is 10.8. The van der Waals surface area contributed by atoms with Gasteiger partial charge in [-0.15, -0.1) is 0 Å². The van der Waals surface area contributed by atoms with E-state index in [-0.39, 0.29) is 12.3 Å². The molecule has 15 heavy (non-hydrogen) atoms. The summed E-state index contributed by atoms with van der Waals surface area (Å²) in [7, 11) is -3.23. The molecule has 0 unspecified atom stereocenters. The Balaban J connectivity index is 2.67.